The van der Waals surface area contributed by atoms with Crippen LogP contribution in [0.4, 0.5) is 0 Å². The lowest BCUT2D eigenvalue weighted by Crippen LogP contribution is -2.31. The molecule has 2 aromatic rings. The van der Waals surface area contributed by atoms with E-state index in [4.69, 9.17) is 0 Å². The first-order valence-electron chi connectivity index (χ1n) is 6.82. The fourth-order valence-corrected chi connectivity index (χ4v) is 2.34. The Hall–Kier alpha value is -1.42. The standard InChI is InChI=1S/C14H22N4/c1-4-8-12(5-2)15-11(3)14-17-16-13-9-6-7-10-18(13)14/h6-7,9-12,15H,4-5,8H2,1-3H3. The first-order chi connectivity index (χ1) is 8.76. The summed E-state index contributed by atoms with van der Waals surface area (Å²) in [6.07, 6.45) is 5.58. The molecule has 0 aliphatic rings. The summed E-state index contributed by atoms with van der Waals surface area (Å²) in [5.74, 6) is 0.986. The predicted octanol–water partition coefficient (Wildman–Crippen LogP) is 2.96. The average molecular weight is 246 g/mol. The number of hydrogen-bond acceptors (Lipinski definition) is 3. The van der Waals surface area contributed by atoms with Gasteiger partial charge < -0.3 is 5.32 Å². The SMILES string of the molecule is CCCC(CC)NC(C)c1nnc2ccccn12. The Balaban J connectivity index is 2.15. The first-order valence-corrected chi connectivity index (χ1v) is 6.82. The maximum absolute atomic E-state index is 4.29. The van der Waals surface area contributed by atoms with Crippen molar-refractivity contribution in [3.63, 3.8) is 0 Å². The van der Waals surface area contributed by atoms with Crippen LogP contribution in [0.2, 0.25) is 0 Å². The molecule has 2 atom stereocenters. The van der Waals surface area contributed by atoms with Crippen molar-refractivity contribution in [3.05, 3.63) is 30.2 Å². The molecule has 0 aliphatic carbocycles. The molecule has 4 nitrogen and oxygen atoms in total. The van der Waals surface area contributed by atoms with Crippen molar-refractivity contribution in [1.29, 1.82) is 0 Å². The third kappa shape index (κ3) is 2.70. The lowest BCUT2D eigenvalue weighted by atomic mass is 10.1. The van der Waals surface area contributed by atoms with E-state index in [0.29, 0.717) is 6.04 Å². The maximum atomic E-state index is 4.29. The molecular formula is C14H22N4. The number of fused-ring (bicyclic) bond motifs is 1. The van der Waals surface area contributed by atoms with Crippen LogP contribution in [0, 0.1) is 0 Å². The first kappa shape index (κ1) is 13.0. The second-order valence-electron chi connectivity index (χ2n) is 4.77. The molecule has 0 bridgehead atoms. The van der Waals surface area contributed by atoms with Crippen molar-refractivity contribution in [2.24, 2.45) is 0 Å². The molecular weight excluding hydrogens is 224 g/mol. The van der Waals surface area contributed by atoms with Crippen LogP contribution in [-0.4, -0.2) is 20.6 Å². The maximum Gasteiger partial charge on any atom is 0.160 e. The van der Waals surface area contributed by atoms with Crippen molar-refractivity contribution in [1.82, 2.24) is 19.9 Å². The molecule has 0 amide bonds. The van der Waals surface area contributed by atoms with E-state index in [0.717, 1.165) is 17.9 Å². The zero-order valence-electron chi connectivity index (χ0n) is 11.4. The van der Waals surface area contributed by atoms with Crippen LogP contribution >= 0.6 is 0 Å². The van der Waals surface area contributed by atoms with Gasteiger partial charge in [0, 0.05) is 12.2 Å². The van der Waals surface area contributed by atoms with Gasteiger partial charge in [0.2, 0.25) is 0 Å². The van der Waals surface area contributed by atoms with Crippen LogP contribution in [0.3, 0.4) is 0 Å². The second-order valence-corrected chi connectivity index (χ2v) is 4.77. The molecule has 2 rings (SSSR count). The predicted molar refractivity (Wildman–Crippen MR) is 73.5 cm³/mol. The minimum Gasteiger partial charge on any atom is -0.305 e. The van der Waals surface area contributed by atoms with Crippen molar-refractivity contribution >= 4 is 5.65 Å². The molecule has 2 heterocycles. The summed E-state index contributed by atoms with van der Waals surface area (Å²) in [5.41, 5.74) is 0.907. The number of pyridine rings is 1. The van der Waals surface area contributed by atoms with Crippen molar-refractivity contribution in [2.75, 3.05) is 0 Å². The van der Waals surface area contributed by atoms with E-state index < -0.39 is 0 Å². The second kappa shape index (κ2) is 5.96. The highest BCUT2D eigenvalue weighted by Crippen LogP contribution is 2.14. The van der Waals surface area contributed by atoms with Gasteiger partial charge in [-0.05, 0) is 31.9 Å². The van der Waals surface area contributed by atoms with E-state index in [2.05, 4.69) is 40.7 Å². The van der Waals surface area contributed by atoms with Gasteiger partial charge in [-0.3, -0.25) is 4.40 Å². The van der Waals surface area contributed by atoms with Gasteiger partial charge in [0.15, 0.2) is 11.5 Å². The highest BCUT2D eigenvalue weighted by Gasteiger charge is 2.16. The molecule has 0 saturated carbocycles. The van der Waals surface area contributed by atoms with Gasteiger partial charge in [0.1, 0.15) is 0 Å². The van der Waals surface area contributed by atoms with Crippen LogP contribution in [0.15, 0.2) is 24.4 Å². The third-order valence-corrected chi connectivity index (χ3v) is 3.34. The summed E-state index contributed by atoms with van der Waals surface area (Å²) < 4.78 is 2.05. The fourth-order valence-electron chi connectivity index (χ4n) is 2.34. The van der Waals surface area contributed by atoms with Crippen LogP contribution in [-0.2, 0) is 0 Å². The van der Waals surface area contributed by atoms with Gasteiger partial charge in [0.05, 0.1) is 6.04 Å². The van der Waals surface area contributed by atoms with Crippen LogP contribution in [0.25, 0.3) is 5.65 Å². The molecule has 98 valence electrons. The molecule has 2 aromatic heterocycles. The molecule has 18 heavy (non-hydrogen) atoms. The number of hydrogen-bond donors (Lipinski definition) is 1. The number of rotatable bonds is 6. The molecule has 1 N–H and O–H groups in total. The smallest absolute Gasteiger partial charge is 0.160 e. The molecule has 4 heteroatoms. The Morgan fingerprint density at radius 3 is 2.83 bits per heavy atom. The Kier molecular flexibility index (Phi) is 4.31. The van der Waals surface area contributed by atoms with Gasteiger partial charge in [-0.1, -0.05) is 26.3 Å². The van der Waals surface area contributed by atoms with E-state index in [1.807, 2.05) is 24.4 Å². The van der Waals surface area contributed by atoms with Crippen LogP contribution in [0.1, 0.15) is 51.9 Å². The lowest BCUT2D eigenvalue weighted by molar-refractivity contribution is 0.405. The summed E-state index contributed by atoms with van der Waals surface area (Å²) >= 11 is 0. The molecule has 0 fully saturated rings. The molecule has 0 spiro atoms. The molecule has 2 unspecified atom stereocenters. The molecule has 0 aromatic carbocycles. The zero-order valence-corrected chi connectivity index (χ0v) is 11.4. The number of aromatic nitrogens is 3. The fraction of sp³-hybridized carbons (Fsp3) is 0.571. The van der Waals surface area contributed by atoms with Crippen LogP contribution < -0.4 is 5.32 Å². The van der Waals surface area contributed by atoms with E-state index in [9.17, 15) is 0 Å². The minimum atomic E-state index is 0.221. The summed E-state index contributed by atoms with van der Waals surface area (Å²) in [7, 11) is 0. The Labute approximate surface area is 108 Å². The van der Waals surface area contributed by atoms with Crippen LogP contribution in [0.5, 0.6) is 0 Å². The van der Waals surface area contributed by atoms with E-state index in [1.54, 1.807) is 0 Å². The van der Waals surface area contributed by atoms with Crippen molar-refractivity contribution in [3.8, 4) is 0 Å². The number of nitrogens with one attached hydrogen (secondary N) is 1. The highest BCUT2D eigenvalue weighted by atomic mass is 15.3. The quantitative estimate of drug-likeness (QED) is 0.852. The number of nitrogens with zero attached hydrogens (tertiary/aromatic N) is 3. The zero-order chi connectivity index (χ0) is 13.0. The van der Waals surface area contributed by atoms with Crippen molar-refractivity contribution in [2.45, 2.75) is 52.1 Å². The molecule has 0 aliphatic heterocycles. The summed E-state index contributed by atoms with van der Waals surface area (Å²) in [6.45, 7) is 6.60. The highest BCUT2D eigenvalue weighted by molar-refractivity contribution is 5.37. The normalized spacial score (nSPS) is 14.8. The molecule has 0 saturated heterocycles. The summed E-state index contributed by atoms with van der Waals surface area (Å²) in [5, 5.41) is 12.1. The summed E-state index contributed by atoms with van der Waals surface area (Å²) in [6, 6.07) is 6.75. The van der Waals surface area contributed by atoms with E-state index in [-0.39, 0.29) is 6.04 Å². The molecule has 0 radical (unpaired) electrons. The van der Waals surface area contributed by atoms with E-state index >= 15 is 0 Å². The Bertz CT molecular complexity index is 491. The topological polar surface area (TPSA) is 42.2 Å². The van der Waals surface area contributed by atoms with Gasteiger partial charge in [0.25, 0.3) is 0 Å². The van der Waals surface area contributed by atoms with Gasteiger partial charge in [-0.25, -0.2) is 0 Å². The minimum absolute atomic E-state index is 0.221. The third-order valence-electron chi connectivity index (χ3n) is 3.34. The lowest BCUT2D eigenvalue weighted by Gasteiger charge is -2.20. The van der Waals surface area contributed by atoms with Gasteiger partial charge in [-0.15, -0.1) is 10.2 Å². The van der Waals surface area contributed by atoms with Gasteiger partial charge >= 0.3 is 0 Å². The van der Waals surface area contributed by atoms with Crippen molar-refractivity contribution < 1.29 is 0 Å². The Morgan fingerprint density at radius 2 is 2.11 bits per heavy atom. The monoisotopic (exact) mass is 246 g/mol. The average Bonchev–Trinajstić information content (AvgIpc) is 2.82. The summed E-state index contributed by atoms with van der Waals surface area (Å²) in [4.78, 5) is 0. The largest absolute Gasteiger partial charge is 0.305 e. The Morgan fingerprint density at radius 1 is 1.28 bits per heavy atom. The van der Waals surface area contributed by atoms with E-state index in [1.165, 1.54) is 12.8 Å². The van der Waals surface area contributed by atoms with Gasteiger partial charge in [-0.2, -0.15) is 0 Å².